The van der Waals surface area contributed by atoms with Crippen LogP contribution < -0.4 is 0 Å². The van der Waals surface area contributed by atoms with E-state index in [9.17, 15) is 9.59 Å². The molecular weight excluding hydrogens is 242 g/mol. The quantitative estimate of drug-likeness (QED) is 0.714. The number of likely N-dealkylation sites (tertiary alicyclic amines) is 1. The Bertz CT molecular complexity index is 385. The van der Waals surface area contributed by atoms with Crippen LogP contribution in [0.3, 0.4) is 0 Å². The first-order valence-corrected chi connectivity index (χ1v) is 7.42. The second-order valence-electron chi connectivity index (χ2n) is 6.23. The highest BCUT2D eigenvalue weighted by molar-refractivity contribution is 5.95. The molecule has 3 aliphatic heterocycles. The molecule has 2 unspecified atom stereocenters. The maximum atomic E-state index is 12.4. The number of carbonyl (C=O) groups excluding carboxylic acids is 2. The monoisotopic (exact) mass is 265 g/mol. The molecule has 0 N–H and O–H groups in total. The lowest BCUT2D eigenvalue weighted by Gasteiger charge is -2.39. The molecule has 5 heteroatoms. The number of amides is 2. The minimum atomic E-state index is -0.150. The van der Waals surface area contributed by atoms with Gasteiger partial charge in [0.15, 0.2) is 0 Å². The van der Waals surface area contributed by atoms with Crippen molar-refractivity contribution in [2.45, 2.75) is 31.7 Å². The van der Waals surface area contributed by atoms with E-state index in [2.05, 4.69) is 11.9 Å². The molecule has 0 saturated carbocycles. The smallest absolute Gasteiger partial charge is 0.245 e. The summed E-state index contributed by atoms with van der Waals surface area (Å²) in [7, 11) is 2.13. The molecule has 2 amide bonds. The van der Waals surface area contributed by atoms with Gasteiger partial charge in [0.05, 0.1) is 6.54 Å². The number of rotatable bonds is 2. The van der Waals surface area contributed by atoms with Crippen molar-refractivity contribution in [2.24, 2.45) is 5.92 Å². The molecule has 0 aromatic carbocycles. The van der Waals surface area contributed by atoms with Crippen molar-refractivity contribution in [1.82, 2.24) is 14.7 Å². The normalized spacial score (nSPS) is 32.9. The van der Waals surface area contributed by atoms with Crippen molar-refractivity contribution in [3.05, 3.63) is 0 Å². The van der Waals surface area contributed by atoms with Gasteiger partial charge < -0.3 is 14.7 Å². The van der Waals surface area contributed by atoms with Crippen molar-refractivity contribution < 1.29 is 9.59 Å². The number of piperazine rings is 1. The second kappa shape index (κ2) is 5.12. The van der Waals surface area contributed by atoms with Crippen LogP contribution in [-0.2, 0) is 9.59 Å². The van der Waals surface area contributed by atoms with Gasteiger partial charge in [0.25, 0.3) is 0 Å². The summed E-state index contributed by atoms with van der Waals surface area (Å²) in [4.78, 5) is 30.4. The molecule has 0 aromatic rings. The second-order valence-corrected chi connectivity index (χ2v) is 6.23. The van der Waals surface area contributed by atoms with Crippen molar-refractivity contribution in [1.29, 1.82) is 0 Å². The van der Waals surface area contributed by atoms with Gasteiger partial charge in [-0.3, -0.25) is 9.59 Å². The summed E-state index contributed by atoms with van der Waals surface area (Å²) in [5.74, 6) is 0.861. The highest BCUT2D eigenvalue weighted by Crippen LogP contribution is 2.25. The van der Waals surface area contributed by atoms with Gasteiger partial charge in [-0.2, -0.15) is 0 Å². The van der Waals surface area contributed by atoms with Crippen LogP contribution in [0.5, 0.6) is 0 Å². The lowest BCUT2D eigenvalue weighted by Crippen LogP contribution is -2.58. The van der Waals surface area contributed by atoms with Gasteiger partial charge in [0.2, 0.25) is 11.8 Å². The van der Waals surface area contributed by atoms with E-state index >= 15 is 0 Å². The van der Waals surface area contributed by atoms with Crippen LogP contribution >= 0.6 is 0 Å². The lowest BCUT2D eigenvalue weighted by molar-refractivity contribution is -0.154. The van der Waals surface area contributed by atoms with E-state index < -0.39 is 0 Å². The Kier molecular flexibility index (Phi) is 3.48. The molecule has 0 aliphatic carbocycles. The minimum absolute atomic E-state index is 0.145. The van der Waals surface area contributed by atoms with Gasteiger partial charge in [-0.25, -0.2) is 0 Å². The number of fused-ring (bicyclic) bond motifs is 1. The summed E-state index contributed by atoms with van der Waals surface area (Å²) >= 11 is 0. The molecule has 3 rings (SSSR count). The number of hydrogen-bond acceptors (Lipinski definition) is 3. The van der Waals surface area contributed by atoms with Gasteiger partial charge in [-0.1, -0.05) is 0 Å². The zero-order chi connectivity index (χ0) is 13.4. The first-order chi connectivity index (χ1) is 9.15. The summed E-state index contributed by atoms with van der Waals surface area (Å²) in [6.07, 6.45) is 4.21. The maximum absolute atomic E-state index is 12.4. The Labute approximate surface area is 114 Å². The van der Waals surface area contributed by atoms with Gasteiger partial charge in [-0.05, 0) is 45.2 Å². The molecule has 0 radical (unpaired) electrons. The van der Waals surface area contributed by atoms with E-state index in [1.165, 1.54) is 12.8 Å². The third kappa shape index (κ3) is 2.48. The first-order valence-electron chi connectivity index (χ1n) is 7.42. The zero-order valence-electron chi connectivity index (χ0n) is 11.7. The Hall–Kier alpha value is -1.10. The molecule has 0 spiro atoms. The summed E-state index contributed by atoms with van der Waals surface area (Å²) in [6.45, 7) is 4.04. The molecule has 5 nitrogen and oxygen atoms in total. The van der Waals surface area contributed by atoms with Gasteiger partial charge >= 0.3 is 0 Å². The van der Waals surface area contributed by atoms with Gasteiger partial charge in [0.1, 0.15) is 6.04 Å². The van der Waals surface area contributed by atoms with Crippen LogP contribution in [0, 0.1) is 5.92 Å². The molecule has 0 aromatic heterocycles. The first kappa shape index (κ1) is 12.9. The fraction of sp³-hybridized carbons (Fsp3) is 0.857. The van der Waals surface area contributed by atoms with Crippen LogP contribution in [0.4, 0.5) is 0 Å². The number of nitrogens with zero attached hydrogens (tertiary/aromatic N) is 3. The third-order valence-corrected chi connectivity index (χ3v) is 4.70. The standard InChI is InChI=1S/C14H23N3O2/c1-15-6-2-4-11(8-15)9-16-10-13(18)17-7-3-5-12(17)14(16)19/h11-12H,2-10H2,1H3. The average molecular weight is 265 g/mol. The SMILES string of the molecule is CN1CCCC(CN2CC(=O)N3CCCC3C2=O)C1. The summed E-state index contributed by atoms with van der Waals surface area (Å²) < 4.78 is 0. The largest absolute Gasteiger partial charge is 0.331 e. The Morgan fingerprint density at radius 3 is 2.74 bits per heavy atom. The van der Waals surface area contributed by atoms with Gasteiger partial charge in [0, 0.05) is 19.6 Å². The molecule has 3 aliphatic rings. The number of hydrogen-bond donors (Lipinski definition) is 0. The van der Waals surface area contributed by atoms with Crippen molar-refractivity contribution in [3.8, 4) is 0 Å². The highest BCUT2D eigenvalue weighted by atomic mass is 16.2. The van der Waals surface area contributed by atoms with E-state index in [4.69, 9.17) is 0 Å². The van der Waals surface area contributed by atoms with E-state index in [0.717, 1.165) is 39.0 Å². The molecule has 106 valence electrons. The van der Waals surface area contributed by atoms with Crippen molar-refractivity contribution in [2.75, 3.05) is 39.8 Å². The Balaban J connectivity index is 1.64. The minimum Gasteiger partial charge on any atom is -0.331 e. The molecule has 0 bridgehead atoms. The number of piperidine rings is 1. The fourth-order valence-corrected chi connectivity index (χ4v) is 3.75. The average Bonchev–Trinajstić information content (AvgIpc) is 2.85. The topological polar surface area (TPSA) is 43.9 Å². The Morgan fingerprint density at radius 1 is 1.16 bits per heavy atom. The predicted molar refractivity (Wildman–Crippen MR) is 71.5 cm³/mol. The summed E-state index contributed by atoms with van der Waals surface area (Å²) in [5.41, 5.74) is 0. The fourth-order valence-electron chi connectivity index (χ4n) is 3.75. The molecular formula is C14H23N3O2. The lowest BCUT2D eigenvalue weighted by atomic mass is 9.97. The summed E-state index contributed by atoms with van der Waals surface area (Å²) in [5, 5.41) is 0. The zero-order valence-corrected chi connectivity index (χ0v) is 11.7. The number of carbonyl (C=O) groups is 2. The van der Waals surface area contributed by atoms with Crippen LogP contribution in [0.15, 0.2) is 0 Å². The molecule has 19 heavy (non-hydrogen) atoms. The summed E-state index contributed by atoms with van der Waals surface area (Å²) in [6, 6.07) is -0.150. The highest BCUT2D eigenvalue weighted by Gasteiger charge is 2.42. The molecule has 3 fully saturated rings. The van der Waals surface area contributed by atoms with E-state index in [1.54, 1.807) is 4.90 Å². The van der Waals surface area contributed by atoms with Gasteiger partial charge in [-0.15, -0.1) is 0 Å². The third-order valence-electron chi connectivity index (χ3n) is 4.70. The van der Waals surface area contributed by atoms with Crippen LogP contribution in [0.1, 0.15) is 25.7 Å². The molecule has 3 saturated heterocycles. The van der Waals surface area contributed by atoms with Crippen LogP contribution in [0.25, 0.3) is 0 Å². The van der Waals surface area contributed by atoms with E-state index in [1.807, 2.05) is 4.90 Å². The maximum Gasteiger partial charge on any atom is 0.245 e. The van der Waals surface area contributed by atoms with Crippen molar-refractivity contribution in [3.63, 3.8) is 0 Å². The van der Waals surface area contributed by atoms with Crippen molar-refractivity contribution >= 4 is 11.8 Å². The van der Waals surface area contributed by atoms with E-state index in [0.29, 0.717) is 12.5 Å². The molecule has 3 heterocycles. The predicted octanol–water partition coefficient (Wildman–Crippen LogP) is 0.161. The van der Waals surface area contributed by atoms with Crippen LogP contribution in [0.2, 0.25) is 0 Å². The molecule has 2 atom stereocenters. The van der Waals surface area contributed by atoms with E-state index in [-0.39, 0.29) is 17.9 Å². The van der Waals surface area contributed by atoms with Crippen LogP contribution in [-0.4, -0.2) is 72.3 Å². The Morgan fingerprint density at radius 2 is 1.95 bits per heavy atom.